The number of nitrogens with zero attached hydrogens (tertiary/aromatic N) is 1. The Morgan fingerprint density at radius 3 is 1.90 bits per heavy atom. The van der Waals surface area contributed by atoms with Gasteiger partial charge in [0.1, 0.15) is 0 Å². The number of aliphatic carboxylic acids is 1. The summed E-state index contributed by atoms with van der Waals surface area (Å²) >= 11 is 0. The van der Waals surface area contributed by atoms with E-state index in [9.17, 15) is 20.1 Å². The highest BCUT2D eigenvalue weighted by Gasteiger charge is 2.24. The van der Waals surface area contributed by atoms with Crippen molar-refractivity contribution in [3.8, 4) is 0 Å². The van der Waals surface area contributed by atoms with Crippen molar-refractivity contribution in [3.63, 3.8) is 0 Å². The molecule has 1 rings (SSSR count). The summed E-state index contributed by atoms with van der Waals surface area (Å²) in [6.45, 7) is 9.93. The normalized spacial score (nSPS) is 17.7. The molecule has 4 N–H and O–H groups in total. The van der Waals surface area contributed by atoms with E-state index in [-0.39, 0.29) is 23.3 Å². The van der Waals surface area contributed by atoms with Gasteiger partial charge in [0, 0.05) is 29.0 Å². The summed E-state index contributed by atoms with van der Waals surface area (Å²) in [5.41, 5.74) is 2.40. The van der Waals surface area contributed by atoms with E-state index in [2.05, 4.69) is 17.1 Å². The molecule has 0 bridgehead atoms. The van der Waals surface area contributed by atoms with Crippen molar-refractivity contribution in [1.82, 2.24) is 0 Å². The lowest BCUT2D eigenvalue weighted by Gasteiger charge is -2.25. The molecule has 6 atom stereocenters. The largest absolute Gasteiger partial charge is 0.478 e. The van der Waals surface area contributed by atoms with Gasteiger partial charge in [-0.05, 0) is 38.7 Å². The van der Waals surface area contributed by atoms with Gasteiger partial charge in [0.05, 0.1) is 24.9 Å². The van der Waals surface area contributed by atoms with Crippen LogP contribution in [0.2, 0.25) is 0 Å². The van der Waals surface area contributed by atoms with Gasteiger partial charge in [0.2, 0.25) is 0 Å². The topological polar surface area (TPSA) is 110 Å². The Balaban J connectivity index is 2.32. The molecule has 0 spiro atoms. The maximum atomic E-state index is 10.7. The summed E-state index contributed by atoms with van der Waals surface area (Å²) in [7, 11) is 0. The molecule has 1 aromatic carbocycles. The average Bonchev–Trinajstić information content (AvgIpc) is 3.10. The van der Waals surface area contributed by atoms with Crippen LogP contribution in [-0.2, 0) is 11.3 Å². The molecular weight excluding hydrogens is 610 g/mol. The summed E-state index contributed by atoms with van der Waals surface area (Å²) in [6.07, 6.45) is 35.7. The van der Waals surface area contributed by atoms with Gasteiger partial charge in [0.15, 0.2) is 0 Å². The Morgan fingerprint density at radius 2 is 1.27 bits per heavy atom. The number of allylic oxidation sites excluding steroid dienone is 16. The number of benzene rings is 1. The average molecular weight is 668 g/mol. The Hall–Kier alpha value is -4.36. The van der Waals surface area contributed by atoms with Gasteiger partial charge in [-0.25, -0.2) is 4.79 Å². The van der Waals surface area contributed by atoms with Gasteiger partial charge in [-0.15, -0.1) is 0 Å². The third-order valence-electron chi connectivity index (χ3n) is 8.01. The number of unbranched alkanes of at least 4 members (excludes halogenated alkanes) is 1. The fourth-order valence-corrected chi connectivity index (χ4v) is 4.40. The van der Waals surface area contributed by atoms with Gasteiger partial charge in [0.25, 0.3) is 0 Å². The van der Waals surface area contributed by atoms with Gasteiger partial charge in [-0.2, -0.15) is 0 Å². The predicted octanol–water partition coefficient (Wildman–Crippen LogP) is 8.85. The maximum Gasteiger partial charge on any atom is 0.331 e. The van der Waals surface area contributed by atoms with Crippen LogP contribution in [0.15, 0.2) is 156 Å². The Morgan fingerprint density at radius 1 is 0.714 bits per heavy atom. The van der Waals surface area contributed by atoms with Crippen molar-refractivity contribution in [2.24, 2.45) is 22.7 Å². The summed E-state index contributed by atoms with van der Waals surface area (Å²) < 4.78 is 0. The van der Waals surface area contributed by atoms with Crippen molar-refractivity contribution in [2.45, 2.75) is 78.7 Å². The van der Waals surface area contributed by atoms with Gasteiger partial charge in [-0.3, -0.25) is 4.99 Å². The number of carboxylic acid groups (broad SMARTS) is 1. The van der Waals surface area contributed by atoms with Crippen LogP contribution in [0.4, 0.5) is 0 Å². The highest BCUT2D eigenvalue weighted by Crippen LogP contribution is 2.19. The monoisotopic (exact) mass is 667 g/mol. The molecule has 264 valence electrons. The van der Waals surface area contributed by atoms with Crippen LogP contribution in [0.5, 0.6) is 0 Å². The third kappa shape index (κ3) is 20.6. The lowest BCUT2D eigenvalue weighted by Crippen LogP contribution is -2.32. The minimum absolute atomic E-state index is 0.0115. The van der Waals surface area contributed by atoms with Crippen molar-refractivity contribution in [2.75, 3.05) is 0 Å². The number of carbonyl (C=O) groups is 1. The van der Waals surface area contributed by atoms with Crippen molar-refractivity contribution in [3.05, 3.63) is 157 Å². The zero-order chi connectivity index (χ0) is 36.3. The van der Waals surface area contributed by atoms with E-state index >= 15 is 0 Å². The van der Waals surface area contributed by atoms with Crippen LogP contribution >= 0.6 is 0 Å². The van der Waals surface area contributed by atoms with E-state index in [1.54, 1.807) is 37.3 Å². The van der Waals surface area contributed by atoms with Crippen LogP contribution in [-0.4, -0.2) is 50.4 Å². The molecule has 1 aromatic rings. The lowest BCUT2D eigenvalue weighted by molar-refractivity contribution is -0.132. The summed E-state index contributed by atoms with van der Waals surface area (Å²) in [5, 5.41) is 40.5. The molecule has 0 aliphatic heterocycles. The Labute approximate surface area is 294 Å². The number of carboxylic acids is 1. The van der Waals surface area contributed by atoms with E-state index in [1.807, 2.05) is 131 Å². The molecular formula is C43H57NO5. The fraction of sp³-hybridized carbons (Fsp3) is 0.349. The SMILES string of the molecule is CC(=CC=CC=CCCC=CC(C)C(O)C(C)C(O)C=CC=CC=CC=CC=CC=CCC(O)C(C)C(C)=NCc1ccccc1)C(=O)O. The molecule has 0 heterocycles. The first-order chi connectivity index (χ1) is 23.5. The van der Waals surface area contributed by atoms with E-state index < -0.39 is 24.3 Å². The van der Waals surface area contributed by atoms with Crippen LogP contribution in [0, 0.1) is 17.8 Å². The molecule has 0 saturated carbocycles. The molecule has 6 heteroatoms. The Kier molecular flexibility index (Phi) is 23.1. The van der Waals surface area contributed by atoms with Gasteiger partial charge >= 0.3 is 5.97 Å². The highest BCUT2D eigenvalue weighted by molar-refractivity contribution is 5.86. The molecule has 0 aliphatic rings. The first-order valence-electron chi connectivity index (χ1n) is 17.0. The molecule has 0 saturated heterocycles. The summed E-state index contributed by atoms with van der Waals surface area (Å²) in [5.74, 6) is -1.37. The smallest absolute Gasteiger partial charge is 0.331 e. The van der Waals surface area contributed by atoms with E-state index in [1.165, 1.54) is 0 Å². The van der Waals surface area contributed by atoms with E-state index in [0.717, 1.165) is 24.1 Å². The first-order valence-corrected chi connectivity index (χ1v) is 17.0. The fourth-order valence-electron chi connectivity index (χ4n) is 4.40. The van der Waals surface area contributed by atoms with Crippen LogP contribution in [0.3, 0.4) is 0 Å². The number of aliphatic hydroxyl groups excluding tert-OH is 3. The van der Waals surface area contributed by atoms with Gasteiger partial charge in [-0.1, -0.05) is 167 Å². The number of rotatable bonds is 22. The molecule has 0 amide bonds. The molecule has 6 nitrogen and oxygen atoms in total. The minimum atomic E-state index is -0.927. The van der Waals surface area contributed by atoms with Crippen molar-refractivity contribution in [1.29, 1.82) is 0 Å². The van der Waals surface area contributed by atoms with Crippen molar-refractivity contribution < 1.29 is 25.2 Å². The molecule has 49 heavy (non-hydrogen) atoms. The maximum absolute atomic E-state index is 10.7. The zero-order valence-electron chi connectivity index (χ0n) is 29.8. The first kappa shape index (κ1) is 42.7. The quantitative estimate of drug-likeness (QED) is 0.0325. The Bertz CT molecular complexity index is 1400. The highest BCUT2D eigenvalue weighted by atomic mass is 16.4. The van der Waals surface area contributed by atoms with E-state index in [4.69, 9.17) is 5.11 Å². The number of hydrogen-bond donors (Lipinski definition) is 4. The second-order valence-electron chi connectivity index (χ2n) is 12.1. The number of aliphatic imine (C=N–C) groups is 1. The lowest BCUT2D eigenvalue weighted by atomic mass is 9.88. The zero-order valence-corrected chi connectivity index (χ0v) is 29.8. The van der Waals surface area contributed by atoms with Crippen molar-refractivity contribution >= 4 is 11.7 Å². The van der Waals surface area contributed by atoms with E-state index in [0.29, 0.717) is 13.0 Å². The molecule has 0 aliphatic carbocycles. The molecule has 0 aromatic heterocycles. The second-order valence-corrected chi connectivity index (χ2v) is 12.1. The van der Waals surface area contributed by atoms with Gasteiger partial charge < -0.3 is 20.4 Å². The molecule has 0 fully saturated rings. The summed E-state index contributed by atoms with van der Waals surface area (Å²) in [4.78, 5) is 15.4. The third-order valence-corrected chi connectivity index (χ3v) is 8.01. The van der Waals surface area contributed by atoms with Crippen LogP contribution in [0.25, 0.3) is 0 Å². The number of aliphatic hydroxyl groups is 3. The number of hydrogen-bond acceptors (Lipinski definition) is 5. The second kappa shape index (κ2) is 26.6. The summed E-state index contributed by atoms with van der Waals surface area (Å²) in [6, 6.07) is 10.1. The molecule has 6 unspecified atom stereocenters. The van der Waals surface area contributed by atoms with Crippen LogP contribution in [0.1, 0.15) is 59.4 Å². The predicted molar refractivity (Wildman–Crippen MR) is 206 cm³/mol. The van der Waals surface area contributed by atoms with Crippen LogP contribution < -0.4 is 0 Å². The standard InChI is InChI=1S/C43H57NO5/c1-34(27-21-16-12-11-13-17-22-28-35(2)43(48)49)42(47)37(4)41(46)32-26-19-15-10-8-6-7-9-14-18-25-31-40(45)36(3)38(5)44-33-39-29-23-20-24-30-39/h6-11,13-15,17-30,32,34,36-37,40-42,45-47H,12,16,31,33H2,1-5H3,(H,48,49). The molecule has 0 radical (unpaired) electrons. The minimum Gasteiger partial charge on any atom is -0.478 e.